The zero-order chi connectivity index (χ0) is 12.1. The van der Waals surface area contributed by atoms with Gasteiger partial charge in [0, 0.05) is 30.3 Å². The Bertz CT molecular complexity index is 372. The van der Waals surface area contributed by atoms with Gasteiger partial charge >= 0.3 is 0 Å². The van der Waals surface area contributed by atoms with Gasteiger partial charge in [0.2, 0.25) is 0 Å². The molecule has 1 aromatic rings. The molecule has 1 aliphatic rings. The Hall–Kier alpha value is -0.940. The average molecular weight is 254 g/mol. The van der Waals surface area contributed by atoms with Crippen LogP contribution in [0.2, 0.25) is 0 Å². The number of carbonyl (C=O) groups excluding carboxylic acids is 1. The Kier molecular flexibility index (Phi) is 4.50. The molecule has 0 saturated carbocycles. The minimum atomic E-state index is -0.0377. The topological polar surface area (TPSA) is 51.2 Å². The molecule has 5 heteroatoms. The molecule has 0 radical (unpaired) electrons. The molecule has 0 aromatic carbocycles. The smallest absolute Gasteiger partial charge is 0.280 e. The third-order valence-corrected chi connectivity index (χ3v) is 3.86. The molecule has 0 spiro atoms. The van der Waals surface area contributed by atoms with Crippen LogP contribution in [0.25, 0.3) is 0 Å². The molecular formula is C12H18N2O2S. The fraction of sp³-hybridized carbons (Fsp3) is 0.667. The Morgan fingerprint density at radius 3 is 3.06 bits per heavy atom. The first-order valence-corrected chi connectivity index (χ1v) is 6.94. The highest BCUT2D eigenvalue weighted by molar-refractivity contribution is 7.13. The summed E-state index contributed by atoms with van der Waals surface area (Å²) in [6.45, 7) is 3.61. The monoisotopic (exact) mass is 254 g/mol. The predicted octanol–water partition coefficient (Wildman–Crippen LogP) is 2.00. The van der Waals surface area contributed by atoms with E-state index < -0.39 is 0 Å². The third-order valence-electron chi connectivity index (χ3n) is 2.80. The lowest BCUT2D eigenvalue weighted by Crippen LogP contribution is -2.38. The second kappa shape index (κ2) is 6.12. The third kappa shape index (κ3) is 3.51. The zero-order valence-corrected chi connectivity index (χ0v) is 10.9. The van der Waals surface area contributed by atoms with Gasteiger partial charge in [-0.1, -0.05) is 13.3 Å². The number of hydrogen-bond acceptors (Lipinski definition) is 4. The number of nitrogens with one attached hydrogen (secondary N) is 1. The van der Waals surface area contributed by atoms with Crippen LogP contribution < -0.4 is 5.32 Å². The predicted molar refractivity (Wildman–Crippen MR) is 67.4 cm³/mol. The molecule has 0 atom stereocenters. The molecule has 1 saturated heterocycles. The molecular weight excluding hydrogens is 236 g/mol. The lowest BCUT2D eigenvalue weighted by atomic mass is 10.1. The molecule has 1 aliphatic heterocycles. The van der Waals surface area contributed by atoms with Crippen molar-refractivity contribution in [2.45, 2.75) is 38.6 Å². The van der Waals surface area contributed by atoms with E-state index in [0.717, 1.165) is 38.9 Å². The summed E-state index contributed by atoms with van der Waals surface area (Å²) >= 11 is 1.50. The summed E-state index contributed by atoms with van der Waals surface area (Å²) in [7, 11) is 0. The fourth-order valence-corrected chi connectivity index (χ4v) is 2.78. The number of aromatic nitrogens is 1. The van der Waals surface area contributed by atoms with Gasteiger partial charge < -0.3 is 10.1 Å². The van der Waals surface area contributed by atoms with Crippen LogP contribution in [0, 0.1) is 0 Å². The van der Waals surface area contributed by atoms with Crippen molar-refractivity contribution in [1.29, 1.82) is 0 Å². The van der Waals surface area contributed by atoms with Gasteiger partial charge in [-0.25, -0.2) is 4.98 Å². The standard InChI is InChI=1S/C12H18N2O2S/c1-2-3-10-8-13-12(17-10)11(15)14-9-4-6-16-7-5-9/h8-9H,2-7H2,1H3,(H,14,15). The van der Waals surface area contributed by atoms with Crippen molar-refractivity contribution in [1.82, 2.24) is 10.3 Å². The van der Waals surface area contributed by atoms with Crippen LogP contribution in [0.5, 0.6) is 0 Å². The van der Waals surface area contributed by atoms with Crippen LogP contribution in [0.15, 0.2) is 6.20 Å². The lowest BCUT2D eigenvalue weighted by molar-refractivity contribution is 0.0696. The molecule has 1 amide bonds. The maximum atomic E-state index is 11.9. The number of ether oxygens (including phenoxy) is 1. The van der Waals surface area contributed by atoms with E-state index in [1.807, 2.05) is 6.20 Å². The van der Waals surface area contributed by atoms with Crippen LogP contribution in [-0.2, 0) is 11.2 Å². The lowest BCUT2D eigenvalue weighted by Gasteiger charge is -2.22. The summed E-state index contributed by atoms with van der Waals surface area (Å²) in [6, 6.07) is 0.245. The number of amides is 1. The summed E-state index contributed by atoms with van der Waals surface area (Å²) in [5.41, 5.74) is 0. The van der Waals surface area contributed by atoms with Gasteiger partial charge in [-0.05, 0) is 19.3 Å². The van der Waals surface area contributed by atoms with Crippen molar-refractivity contribution in [3.8, 4) is 0 Å². The van der Waals surface area contributed by atoms with E-state index in [4.69, 9.17) is 4.74 Å². The summed E-state index contributed by atoms with van der Waals surface area (Å²) in [5.74, 6) is -0.0377. The minimum Gasteiger partial charge on any atom is -0.381 e. The molecule has 1 N–H and O–H groups in total. The molecule has 0 aliphatic carbocycles. The molecule has 2 heterocycles. The van der Waals surface area contributed by atoms with Gasteiger partial charge in [0.25, 0.3) is 5.91 Å². The molecule has 4 nitrogen and oxygen atoms in total. The SMILES string of the molecule is CCCc1cnc(C(=O)NC2CCOCC2)s1. The second-order valence-corrected chi connectivity index (χ2v) is 5.36. The summed E-state index contributed by atoms with van der Waals surface area (Å²) in [4.78, 5) is 17.3. The molecule has 94 valence electrons. The van der Waals surface area contributed by atoms with Gasteiger partial charge in [-0.2, -0.15) is 0 Å². The quantitative estimate of drug-likeness (QED) is 0.894. The van der Waals surface area contributed by atoms with Crippen molar-refractivity contribution >= 4 is 17.2 Å². The highest BCUT2D eigenvalue weighted by Gasteiger charge is 2.18. The summed E-state index contributed by atoms with van der Waals surface area (Å²) in [6.07, 6.45) is 5.70. The first-order valence-electron chi connectivity index (χ1n) is 6.13. The summed E-state index contributed by atoms with van der Waals surface area (Å²) < 4.78 is 5.26. The highest BCUT2D eigenvalue weighted by atomic mass is 32.1. The van der Waals surface area contributed by atoms with E-state index in [0.29, 0.717) is 5.01 Å². The van der Waals surface area contributed by atoms with Crippen molar-refractivity contribution in [2.75, 3.05) is 13.2 Å². The molecule has 1 fully saturated rings. The van der Waals surface area contributed by atoms with Crippen LogP contribution in [-0.4, -0.2) is 30.1 Å². The number of rotatable bonds is 4. The Labute approximate surface area is 105 Å². The Morgan fingerprint density at radius 2 is 2.35 bits per heavy atom. The second-order valence-electron chi connectivity index (χ2n) is 4.24. The van der Waals surface area contributed by atoms with E-state index in [1.54, 1.807) is 0 Å². The Balaban J connectivity index is 1.89. The van der Waals surface area contributed by atoms with Crippen LogP contribution in [0.4, 0.5) is 0 Å². The van der Waals surface area contributed by atoms with Crippen LogP contribution >= 0.6 is 11.3 Å². The number of carbonyl (C=O) groups is 1. The van der Waals surface area contributed by atoms with E-state index >= 15 is 0 Å². The first-order chi connectivity index (χ1) is 8.29. The maximum Gasteiger partial charge on any atom is 0.280 e. The highest BCUT2D eigenvalue weighted by Crippen LogP contribution is 2.15. The van der Waals surface area contributed by atoms with E-state index in [1.165, 1.54) is 16.2 Å². The molecule has 1 aromatic heterocycles. The number of hydrogen-bond donors (Lipinski definition) is 1. The van der Waals surface area contributed by atoms with E-state index in [9.17, 15) is 4.79 Å². The average Bonchev–Trinajstić information content (AvgIpc) is 2.79. The number of thiazole rings is 1. The molecule has 0 bridgehead atoms. The number of aryl methyl sites for hydroxylation is 1. The Morgan fingerprint density at radius 1 is 1.59 bits per heavy atom. The van der Waals surface area contributed by atoms with Crippen molar-refractivity contribution in [3.63, 3.8) is 0 Å². The van der Waals surface area contributed by atoms with Gasteiger partial charge in [-0.3, -0.25) is 4.79 Å². The van der Waals surface area contributed by atoms with Crippen LogP contribution in [0.3, 0.4) is 0 Å². The van der Waals surface area contributed by atoms with Crippen LogP contribution in [0.1, 0.15) is 40.9 Å². The summed E-state index contributed by atoms with van der Waals surface area (Å²) in [5, 5.41) is 3.60. The number of nitrogens with zero attached hydrogens (tertiary/aromatic N) is 1. The molecule has 17 heavy (non-hydrogen) atoms. The minimum absolute atomic E-state index is 0.0377. The van der Waals surface area contributed by atoms with E-state index in [2.05, 4.69) is 17.2 Å². The first kappa shape index (κ1) is 12.5. The fourth-order valence-electron chi connectivity index (χ4n) is 1.86. The van der Waals surface area contributed by atoms with Gasteiger partial charge in [0.05, 0.1) is 0 Å². The van der Waals surface area contributed by atoms with Gasteiger partial charge in [0.15, 0.2) is 5.01 Å². The van der Waals surface area contributed by atoms with E-state index in [-0.39, 0.29) is 11.9 Å². The van der Waals surface area contributed by atoms with Crippen molar-refractivity contribution in [3.05, 3.63) is 16.1 Å². The van der Waals surface area contributed by atoms with Gasteiger partial charge in [-0.15, -0.1) is 11.3 Å². The zero-order valence-electron chi connectivity index (χ0n) is 10.1. The largest absolute Gasteiger partial charge is 0.381 e. The normalized spacial score (nSPS) is 17.0. The molecule has 0 unspecified atom stereocenters. The van der Waals surface area contributed by atoms with Gasteiger partial charge in [0.1, 0.15) is 0 Å². The maximum absolute atomic E-state index is 11.9. The molecule has 2 rings (SSSR count). The van der Waals surface area contributed by atoms with Crippen molar-refractivity contribution < 1.29 is 9.53 Å². The van der Waals surface area contributed by atoms with Crippen molar-refractivity contribution in [2.24, 2.45) is 0 Å².